The van der Waals surface area contributed by atoms with Gasteiger partial charge in [-0.05, 0) is 63.0 Å². The van der Waals surface area contributed by atoms with Crippen molar-refractivity contribution >= 4 is 36.4 Å². The maximum absolute atomic E-state index is 12.9. The van der Waals surface area contributed by atoms with Crippen molar-refractivity contribution in [1.82, 2.24) is 10.2 Å². The van der Waals surface area contributed by atoms with E-state index in [1.54, 1.807) is 0 Å². The predicted octanol–water partition coefficient (Wildman–Crippen LogP) is 3.98. The van der Waals surface area contributed by atoms with Crippen LogP contribution in [0.1, 0.15) is 49.9 Å². The highest BCUT2D eigenvalue weighted by Crippen LogP contribution is 2.19. The molecule has 0 bridgehead atoms. The monoisotopic (exact) mass is 389 g/mol. The number of hydrogen-bond acceptors (Lipinski definition) is 3. The molecule has 1 saturated heterocycles. The maximum atomic E-state index is 12.9. The lowest BCUT2D eigenvalue weighted by molar-refractivity contribution is 0.0642. The van der Waals surface area contributed by atoms with Crippen LogP contribution in [0.15, 0.2) is 24.3 Å². The molecule has 25 heavy (non-hydrogen) atoms. The van der Waals surface area contributed by atoms with E-state index in [0.29, 0.717) is 6.04 Å². The second-order valence-corrected chi connectivity index (χ2v) is 6.45. The molecule has 1 aliphatic rings. The molecule has 0 aromatic heterocycles. The zero-order valence-electron chi connectivity index (χ0n) is 15.7. The average molecular weight is 390 g/mol. The third-order valence-corrected chi connectivity index (χ3v) is 4.59. The summed E-state index contributed by atoms with van der Waals surface area (Å²) in [7, 11) is 2.10. The molecule has 1 aromatic carbocycles. The van der Waals surface area contributed by atoms with Crippen LogP contribution in [0.2, 0.25) is 0 Å². The van der Waals surface area contributed by atoms with E-state index in [9.17, 15) is 4.79 Å². The first-order valence-corrected chi connectivity index (χ1v) is 9.00. The molecule has 0 spiro atoms. The van der Waals surface area contributed by atoms with Crippen LogP contribution in [0.4, 0.5) is 5.69 Å². The SMILES string of the molecule is CCCN(C)c1ccc(C(=O)N(CCC)C2CCNCC2)cc1.Cl.Cl. The van der Waals surface area contributed by atoms with Crippen LogP contribution < -0.4 is 10.2 Å². The van der Waals surface area contributed by atoms with Gasteiger partial charge in [0.1, 0.15) is 0 Å². The van der Waals surface area contributed by atoms with Crippen LogP contribution in [-0.2, 0) is 0 Å². The number of carbonyl (C=O) groups is 1. The molecule has 2 rings (SSSR count). The zero-order valence-corrected chi connectivity index (χ0v) is 17.3. The second kappa shape index (κ2) is 12.4. The van der Waals surface area contributed by atoms with Gasteiger partial charge in [0.05, 0.1) is 0 Å². The molecular formula is C19H33Cl2N3O. The standard InChI is InChI=1S/C19H31N3O.2ClH/c1-4-14-21(3)17-8-6-16(7-9-17)19(23)22(15-5-2)18-10-12-20-13-11-18;;/h6-9,18,20H,4-5,10-15H2,1-3H3;2*1H. The van der Waals surface area contributed by atoms with E-state index < -0.39 is 0 Å². The summed E-state index contributed by atoms with van der Waals surface area (Å²) in [5.74, 6) is 0.184. The highest BCUT2D eigenvalue weighted by Gasteiger charge is 2.25. The van der Waals surface area contributed by atoms with E-state index in [2.05, 4.69) is 48.1 Å². The fraction of sp³-hybridized carbons (Fsp3) is 0.632. The number of nitrogens with one attached hydrogen (secondary N) is 1. The van der Waals surface area contributed by atoms with Gasteiger partial charge in [0, 0.05) is 37.4 Å². The Morgan fingerprint density at radius 3 is 2.12 bits per heavy atom. The van der Waals surface area contributed by atoms with Gasteiger partial charge in [-0.25, -0.2) is 0 Å². The van der Waals surface area contributed by atoms with Crippen LogP contribution in [0.25, 0.3) is 0 Å². The third-order valence-electron chi connectivity index (χ3n) is 4.59. The normalized spacial score (nSPS) is 14.2. The molecule has 1 N–H and O–H groups in total. The van der Waals surface area contributed by atoms with Gasteiger partial charge >= 0.3 is 0 Å². The predicted molar refractivity (Wildman–Crippen MR) is 112 cm³/mol. The number of piperidine rings is 1. The second-order valence-electron chi connectivity index (χ2n) is 6.45. The van der Waals surface area contributed by atoms with Crippen molar-refractivity contribution in [2.45, 2.75) is 45.6 Å². The molecule has 0 radical (unpaired) electrons. The van der Waals surface area contributed by atoms with E-state index in [4.69, 9.17) is 0 Å². The lowest BCUT2D eigenvalue weighted by Crippen LogP contribution is -2.46. The first-order chi connectivity index (χ1) is 11.2. The number of hydrogen-bond donors (Lipinski definition) is 1. The molecule has 1 amide bonds. The lowest BCUT2D eigenvalue weighted by atomic mass is 10.0. The first-order valence-electron chi connectivity index (χ1n) is 9.00. The number of amides is 1. The lowest BCUT2D eigenvalue weighted by Gasteiger charge is -2.34. The van der Waals surface area contributed by atoms with Crippen molar-refractivity contribution in [1.29, 1.82) is 0 Å². The minimum atomic E-state index is 0. The van der Waals surface area contributed by atoms with Gasteiger partial charge in [0.25, 0.3) is 5.91 Å². The number of carbonyl (C=O) groups excluding carboxylic acids is 1. The van der Waals surface area contributed by atoms with Crippen molar-refractivity contribution in [3.05, 3.63) is 29.8 Å². The fourth-order valence-electron chi connectivity index (χ4n) is 3.30. The fourth-order valence-corrected chi connectivity index (χ4v) is 3.30. The van der Waals surface area contributed by atoms with Gasteiger partial charge < -0.3 is 15.1 Å². The van der Waals surface area contributed by atoms with E-state index in [-0.39, 0.29) is 30.7 Å². The quantitative estimate of drug-likeness (QED) is 0.765. The first kappa shape index (κ1) is 24.0. The highest BCUT2D eigenvalue weighted by molar-refractivity contribution is 5.94. The topological polar surface area (TPSA) is 35.6 Å². The van der Waals surface area contributed by atoms with Gasteiger partial charge in [-0.3, -0.25) is 4.79 Å². The summed E-state index contributed by atoms with van der Waals surface area (Å²) in [4.78, 5) is 17.2. The molecule has 0 aliphatic carbocycles. The number of halogens is 2. The van der Waals surface area contributed by atoms with Gasteiger partial charge in [-0.2, -0.15) is 0 Å². The summed E-state index contributed by atoms with van der Waals surface area (Å²) in [5.41, 5.74) is 1.98. The van der Waals surface area contributed by atoms with Gasteiger partial charge in [0.2, 0.25) is 0 Å². The van der Waals surface area contributed by atoms with E-state index in [0.717, 1.165) is 57.4 Å². The van der Waals surface area contributed by atoms with Gasteiger partial charge in [0.15, 0.2) is 0 Å². The van der Waals surface area contributed by atoms with Crippen molar-refractivity contribution in [3.8, 4) is 0 Å². The molecule has 1 aliphatic heterocycles. The Morgan fingerprint density at radius 1 is 1.04 bits per heavy atom. The molecule has 1 fully saturated rings. The Morgan fingerprint density at radius 2 is 1.60 bits per heavy atom. The summed E-state index contributed by atoms with van der Waals surface area (Å²) in [6.45, 7) is 8.23. The summed E-state index contributed by atoms with van der Waals surface area (Å²) in [6.07, 6.45) is 4.25. The Labute approximate surface area is 165 Å². The maximum Gasteiger partial charge on any atom is 0.254 e. The van der Waals surface area contributed by atoms with Crippen LogP contribution in [0.3, 0.4) is 0 Å². The molecule has 0 saturated carbocycles. The smallest absolute Gasteiger partial charge is 0.254 e. The molecule has 1 aromatic rings. The Kier molecular flexibility index (Phi) is 11.9. The molecule has 0 atom stereocenters. The molecular weight excluding hydrogens is 357 g/mol. The molecule has 144 valence electrons. The van der Waals surface area contributed by atoms with E-state index in [1.165, 1.54) is 5.69 Å². The van der Waals surface area contributed by atoms with Crippen molar-refractivity contribution < 1.29 is 4.79 Å². The average Bonchev–Trinajstić information content (AvgIpc) is 2.60. The third kappa shape index (κ3) is 6.69. The largest absolute Gasteiger partial charge is 0.375 e. The number of benzene rings is 1. The molecule has 1 heterocycles. The Balaban J connectivity index is 0.00000288. The van der Waals surface area contributed by atoms with E-state index in [1.807, 2.05) is 12.1 Å². The number of nitrogens with zero attached hydrogens (tertiary/aromatic N) is 2. The van der Waals surface area contributed by atoms with Crippen LogP contribution >= 0.6 is 24.8 Å². The van der Waals surface area contributed by atoms with Gasteiger partial charge in [-0.15, -0.1) is 24.8 Å². The minimum Gasteiger partial charge on any atom is -0.375 e. The van der Waals surface area contributed by atoms with Gasteiger partial charge in [-0.1, -0.05) is 13.8 Å². The summed E-state index contributed by atoms with van der Waals surface area (Å²) < 4.78 is 0. The van der Waals surface area contributed by atoms with Crippen LogP contribution in [0, 0.1) is 0 Å². The van der Waals surface area contributed by atoms with Crippen LogP contribution in [0.5, 0.6) is 0 Å². The summed E-state index contributed by atoms with van der Waals surface area (Å²) in [5, 5.41) is 3.38. The van der Waals surface area contributed by atoms with Crippen LogP contribution in [-0.4, -0.2) is 50.1 Å². The number of rotatable bonds is 7. The molecule has 6 heteroatoms. The Bertz CT molecular complexity index is 490. The summed E-state index contributed by atoms with van der Waals surface area (Å²) in [6, 6.07) is 8.47. The molecule has 0 unspecified atom stereocenters. The van der Waals surface area contributed by atoms with E-state index >= 15 is 0 Å². The molecule has 4 nitrogen and oxygen atoms in total. The van der Waals surface area contributed by atoms with Crippen molar-refractivity contribution in [3.63, 3.8) is 0 Å². The number of anilines is 1. The summed E-state index contributed by atoms with van der Waals surface area (Å²) >= 11 is 0. The zero-order chi connectivity index (χ0) is 16.7. The van der Waals surface area contributed by atoms with Crippen molar-refractivity contribution in [2.75, 3.05) is 38.1 Å². The minimum absolute atomic E-state index is 0. The Hall–Kier alpha value is -0.970. The van der Waals surface area contributed by atoms with Crippen molar-refractivity contribution in [2.24, 2.45) is 0 Å². The highest BCUT2D eigenvalue weighted by atomic mass is 35.5.